The first-order valence-corrected chi connectivity index (χ1v) is 14.2. The van der Waals surface area contributed by atoms with Gasteiger partial charge in [0.15, 0.2) is 0 Å². The largest absolute Gasteiger partial charge is 0.492 e. The second-order valence-electron chi connectivity index (χ2n) is 8.83. The van der Waals surface area contributed by atoms with Gasteiger partial charge in [0.25, 0.3) is 0 Å². The van der Waals surface area contributed by atoms with E-state index in [9.17, 15) is 13.7 Å². The highest BCUT2D eigenvalue weighted by Crippen LogP contribution is 2.31. The molecule has 0 N–H and O–H groups in total. The minimum absolute atomic E-state index is 0.189. The van der Waals surface area contributed by atoms with Crippen LogP contribution in [0.3, 0.4) is 0 Å². The van der Waals surface area contributed by atoms with E-state index in [1.54, 1.807) is 27.4 Å². The average molecular weight is 521 g/mol. The number of pyridine rings is 2. The lowest BCUT2D eigenvalue weighted by molar-refractivity contribution is 0.338. The maximum Gasteiger partial charge on any atom is 0.214 e. The predicted molar refractivity (Wildman–Crippen MR) is 144 cm³/mol. The van der Waals surface area contributed by atoms with Crippen molar-refractivity contribution in [2.75, 3.05) is 43.4 Å². The molecule has 1 saturated heterocycles. The number of fused-ring (bicyclic) bond motifs is 1. The highest BCUT2D eigenvalue weighted by Gasteiger charge is 2.27. The molecule has 0 radical (unpaired) electrons. The molecule has 0 saturated carbocycles. The number of nitrogens with zero attached hydrogens (tertiary/aromatic N) is 6. The summed E-state index contributed by atoms with van der Waals surface area (Å²) in [5.74, 6) is 7.53. The number of hydrogen-bond donors (Lipinski definition) is 0. The minimum Gasteiger partial charge on any atom is -0.492 e. The molecule has 1 aliphatic rings. The lowest BCUT2D eigenvalue weighted by Gasteiger charge is -2.34. The molecular formula is C27H32N6O3S. The van der Waals surface area contributed by atoms with Crippen molar-refractivity contribution < 1.29 is 13.2 Å². The zero-order valence-electron chi connectivity index (χ0n) is 21.4. The molecule has 0 aromatic carbocycles. The zero-order chi connectivity index (χ0) is 26.3. The van der Waals surface area contributed by atoms with Crippen molar-refractivity contribution in [3.63, 3.8) is 0 Å². The summed E-state index contributed by atoms with van der Waals surface area (Å²) in [6.07, 6.45) is 8.39. The smallest absolute Gasteiger partial charge is 0.214 e. The second kappa shape index (κ2) is 12.1. The number of anilines is 1. The van der Waals surface area contributed by atoms with Gasteiger partial charge in [-0.15, -0.1) is 11.8 Å². The molecule has 0 spiro atoms. The fourth-order valence-corrected chi connectivity index (χ4v) is 6.05. The van der Waals surface area contributed by atoms with Crippen molar-refractivity contribution in [2.24, 2.45) is 0 Å². The van der Waals surface area contributed by atoms with Gasteiger partial charge >= 0.3 is 0 Å². The number of hydrogen-bond acceptors (Lipinski definition) is 7. The molecule has 3 aromatic rings. The number of unbranched alkanes of at least 4 members (excludes halogenated alkanes) is 3. The Balaban J connectivity index is 1.41. The van der Waals surface area contributed by atoms with Crippen LogP contribution in [0.5, 0.6) is 5.75 Å². The zero-order valence-corrected chi connectivity index (χ0v) is 22.2. The van der Waals surface area contributed by atoms with E-state index in [0.29, 0.717) is 56.0 Å². The van der Waals surface area contributed by atoms with Crippen molar-refractivity contribution in [1.82, 2.24) is 18.9 Å². The first-order chi connectivity index (χ1) is 18.0. The topological polar surface area (TPSA) is 104 Å². The van der Waals surface area contributed by atoms with Gasteiger partial charge in [-0.05, 0) is 44.9 Å². The van der Waals surface area contributed by atoms with Gasteiger partial charge in [-0.2, -0.15) is 14.7 Å². The molecule has 0 bridgehead atoms. The Morgan fingerprint density at radius 1 is 1.11 bits per heavy atom. The van der Waals surface area contributed by atoms with E-state index in [1.165, 1.54) is 0 Å². The van der Waals surface area contributed by atoms with E-state index >= 15 is 0 Å². The van der Waals surface area contributed by atoms with Crippen LogP contribution in [-0.2, 0) is 10.0 Å². The fourth-order valence-electron chi connectivity index (χ4n) is 4.50. The van der Waals surface area contributed by atoms with Gasteiger partial charge < -0.3 is 9.64 Å². The highest BCUT2D eigenvalue weighted by atomic mass is 32.2. The maximum absolute atomic E-state index is 12.8. The maximum atomic E-state index is 12.8. The Labute approximate surface area is 218 Å². The number of aromatic nitrogens is 3. The molecule has 37 heavy (non-hydrogen) atoms. The van der Waals surface area contributed by atoms with E-state index < -0.39 is 10.0 Å². The van der Waals surface area contributed by atoms with Crippen LogP contribution in [0.2, 0.25) is 0 Å². The van der Waals surface area contributed by atoms with Crippen LogP contribution in [0, 0.1) is 23.2 Å². The molecule has 194 valence electrons. The van der Waals surface area contributed by atoms with Gasteiger partial charge in [-0.25, -0.2) is 17.9 Å². The fraction of sp³-hybridized carbons (Fsp3) is 0.444. The molecule has 9 nitrogen and oxygen atoms in total. The Morgan fingerprint density at radius 3 is 2.59 bits per heavy atom. The van der Waals surface area contributed by atoms with Crippen LogP contribution in [-0.4, -0.2) is 65.9 Å². The van der Waals surface area contributed by atoms with Gasteiger partial charge in [0.2, 0.25) is 10.0 Å². The molecule has 0 unspecified atom stereocenters. The molecule has 3 aromatic heterocycles. The lowest BCUT2D eigenvalue weighted by atomic mass is 10.1. The van der Waals surface area contributed by atoms with Crippen LogP contribution in [0.1, 0.15) is 45.1 Å². The number of piperazine rings is 1. The summed E-state index contributed by atoms with van der Waals surface area (Å²) in [5.41, 5.74) is 2.85. The summed E-state index contributed by atoms with van der Waals surface area (Å²) in [4.78, 5) is 6.77. The summed E-state index contributed by atoms with van der Waals surface area (Å²) >= 11 is 0. The summed E-state index contributed by atoms with van der Waals surface area (Å²) in [6.45, 7) is 6.33. The summed E-state index contributed by atoms with van der Waals surface area (Å²) in [7, 11) is -3.25. The van der Waals surface area contributed by atoms with Gasteiger partial charge in [-0.1, -0.05) is 6.42 Å². The van der Waals surface area contributed by atoms with E-state index in [-0.39, 0.29) is 5.75 Å². The summed E-state index contributed by atoms with van der Waals surface area (Å²) < 4.78 is 34.5. The third-order valence-electron chi connectivity index (χ3n) is 6.41. The van der Waals surface area contributed by atoms with Gasteiger partial charge in [0, 0.05) is 49.9 Å². The standard InChI is InChI=1S/C27H32N6O3S/c1-3-5-6-7-8-9-16-37(34,35)32-14-12-31(13-15-32)26-11-10-22(19-29-26)25-17-24(36-4-2)21-33-27(25)23(18-28)20-30-33/h10-11,17,19-21H,4,6-9,12-16H2,1-2H3. The molecule has 1 aliphatic heterocycles. The quantitative estimate of drug-likeness (QED) is 0.297. The first-order valence-electron chi connectivity index (χ1n) is 12.6. The van der Waals surface area contributed by atoms with Crippen molar-refractivity contribution >= 4 is 21.4 Å². The number of nitriles is 1. The third-order valence-corrected chi connectivity index (χ3v) is 8.37. The Kier molecular flexibility index (Phi) is 8.65. The molecule has 0 amide bonds. The van der Waals surface area contributed by atoms with Crippen LogP contribution >= 0.6 is 0 Å². The Bertz CT molecular complexity index is 1420. The average Bonchev–Trinajstić information content (AvgIpc) is 3.34. The van der Waals surface area contributed by atoms with Crippen molar-refractivity contribution in [3.8, 4) is 34.8 Å². The van der Waals surface area contributed by atoms with Crippen LogP contribution in [0.4, 0.5) is 5.82 Å². The molecular weight excluding hydrogens is 488 g/mol. The molecule has 10 heteroatoms. The third kappa shape index (κ3) is 6.22. The van der Waals surface area contributed by atoms with Crippen molar-refractivity contribution in [3.05, 3.63) is 42.4 Å². The van der Waals surface area contributed by atoms with E-state index in [2.05, 4.69) is 32.9 Å². The number of ether oxygens (including phenoxy) is 1. The molecule has 0 aliphatic carbocycles. The molecule has 0 atom stereocenters. The van der Waals surface area contributed by atoms with Crippen molar-refractivity contribution in [2.45, 2.75) is 39.5 Å². The second-order valence-corrected chi connectivity index (χ2v) is 10.9. The number of rotatable bonds is 10. The van der Waals surface area contributed by atoms with E-state index in [1.807, 2.05) is 32.0 Å². The Hall–Kier alpha value is -3.60. The van der Waals surface area contributed by atoms with Crippen LogP contribution in [0.15, 0.2) is 36.8 Å². The summed E-state index contributed by atoms with van der Waals surface area (Å²) in [6, 6.07) is 8.01. The normalized spacial score (nSPS) is 14.2. The Morgan fingerprint density at radius 2 is 1.92 bits per heavy atom. The van der Waals surface area contributed by atoms with E-state index in [4.69, 9.17) is 4.74 Å². The number of sulfonamides is 1. The van der Waals surface area contributed by atoms with Crippen molar-refractivity contribution in [1.29, 1.82) is 5.26 Å². The monoisotopic (exact) mass is 520 g/mol. The summed E-state index contributed by atoms with van der Waals surface area (Å²) in [5, 5.41) is 13.8. The molecule has 4 heterocycles. The molecule has 4 rings (SSSR count). The first kappa shape index (κ1) is 26.5. The SMILES string of the molecule is CC#CCCCCCS(=O)(=O)N1CCN(c2ccc(-c3cc(OCC)cn4ncc(C#N)c34)cn2)CC1. The van der Waals surface area contributed by atoms with Crippen LogP contribution < -0.4 is 9.64 Å². The van der Waals surface area contributed by atoms with Crippen LogP contribution in [0.25, 0.3) is 16.6 Å². The minimum atomic E-state index is -3.25. The van der Waals surface area contributed by atoms with Gasteiger partial charge in [0.05, 0.1) is 35.8 Å². The van der Waals surface area contributed by atoms with E-state index in [0.717, 1.165) is 36.2 Å². The predicted octanol–water partition coefficient (Wildman–Crippen LogP) is 3.70. The van der Waals surface area contributed by atoms with Gasteiger partial charge in [0.1, 0.15) is 17.6 Å². The molecule has 1 fully saturated rings. The van der Waals surface area contributed by atoms with Gasteiger partial charge in [-0.3, -0.25) is 0 Å². The lowest BCUT2D eigenvalue weighted by Crippen LogP contribution is -2.49. The highest BCUT2D eigenvalue weighted by molar-refractivity contribution is 7.89.